The molecule has 1 aromatic heterocycles. The smallest absolute Gasteiger partial charge is 0.260 e. The molecule has 0 aliphatic heterocycles. The maximum Gasteiger partial charge on any atom is 0.260 e. The lowest BCUT2D eigenvalue weighted by molar-refractivity contribution is 0.0976. The minimum atomic E-state index is -0.191. The van der Waals surface area contributed by atoms with Gasteiger partial charge in [-0.15, -0.1) is 0 Å². The lowest BCUT2D eigenvalue weighted by Crippen LogP contribution is -2.33. The second-order valence-electron chi connectivity index (χ2n) is 5.11. The normalized spacial score (nSPS) is 10.5. The Labute approximate surface area is 143 Å². The average Bonchev–Trinajstić information content (AvgIpc) is 3.05. The van der Waals surface area contributed by atoms with Crippen molar-refractivity contribution in [1.82, 2.24) is 4.98 Å². The van der Waals surface area contributed by atoms with E-state index in [1.807, 2.05) is 24.3 Å². The number of anilines is 1. The molecule has 3 rings (SSSR count). The minimum absolute atomic E-state index is 0.191. The predicted octanol–water partition coefficient (Wildman–Crippen LogP) is 3.46. The number of rotatable bonds is 5. The van der Waals surface area contributed by atoms with E-state index in [1.165, 1.54) is 11.3 Å². The third kappa shape index (κ3) is 3.27. The lowest BCUT2D eigenvalue weighted by Gasteiger charge is -2.19. The number of ether oxygens (including phenoxy) is 1. The second kappa shape index (κ2) is 7.21. The molecule has 0 N–H and O–H groups in total. The molecule has 2 aromatic carbocycles. The first-order valence-corrected chi connectivity index (χ1v) is 8.21. The van der Waals surface area contributed by atoms with E-state index < -0.39 is 0 Å². The number of thiazole rings is 1. The fourth-order valence-electron chi connectivity index (χ4n) is 2.32. The van der Waals surface area contributed by atoms with E-state index in [0.29, 0.717) is 29.4 Å². The number of carbonyl (C=O) groups excluding carboxylic acids is 1. The van der Waals surface area contributed by atoms with Gasteiger partial charge >= 0.3 is 0 Å². The maximum atomic E-state index is 12.9. The Morgan fingerprint density at radius 1 is 1.29 bits per heavy atom. The molecule has 0 aliphatic rings. The van der Waals surface area contributed by atoms with Gasteiger partial charge in [0.25, 0.3) is 5.91 Å². The number of benzene rings is 2. The van der Waals surface area contributed by atoms with E-state index in [2.05, 4.69) is 11.1 Å². The van der Waals surface area contributed by atoms with Crippen molar-refractivity contribution in [3.63, 3.8) is 0 Å². The van der Waals surface area contributed by atoms with Gasteiger partial charge in [0.1, 0.15) is 0 Å². The topological polar surface area (TPSA) is 66.2 Å². The monoisotopic (exact) mass is 337 g/mol. The molecule has 0 aliphatic carbocycles. The van der Waals surface area contributed by atoms with Crippen LogP contribution >= 0.6 is 11.3 Å². The Kier molecular flexibility index (Phi) is 4.85. The van der Waals surface area contributed by atoms with E-state index in [0.717, 1.165) is 10.2 Å². The highest BCUT2D eigenvalue weighted by Gasteiger charge is 2.21. The van der Waals surface area contributed by atoms with Crippen molar-refractivity contribution in [3.8, 4) is 6.07 Å². The molecular weight excluding hydrogens is 322 g/mol. The summed E-state index contributed by atoms with van der Waals surface area (Å²) in [6.07, 6.45) is 0. The quantitative estimate of drug-likeness (QED) is 0.715. The number of carbonyl (C=O) groups is 1. The van der Waals surface area contributed by atoms with Crippen LogP contribution in [0.5, 0.6) is 0 Å². The number of hydrogen-bond acceptors (Lipinski definition) is 5. The zero-order chi connectivity index (χ0) is 16.9. The summed E-state index contributed by atoms with van der Waals surface area (Å²) in [6.45, 7) is 0.797. The maximum absolute atomic E-state index is 12.9. The van der Waals surface area contributed by atoms with E-state index in [4.69, 9.17) is 10.00 Å². The van der Waals surface area contributed by atoms with Crippen molar-refractivity contribution in [2.75, 3.05) is 25.2 Å². The predicted molar refractivity (Wildman–Crippen MR) is 94.3 cm³/mol. The fourth-order valence-corrected chi connectivity index (χ4v) is 3.31. The van der Waals surface area contributed by atoms with Crippen LogP contribution in [0.25, 0.3) is 10.2 Å². The highest BCUT2D eigenvalue weighted by molar-refractivity contribution is 7.22. The summed E-state index contributed by atoms with van der Waals surface area (Å²) in [5, 5.41) is 9.66. The van der Waals surface area contributed by atoms with Crippen molar-refractivity contribution in [2.45, 2.75) is 0 Å². The van der Waals surface area contributed by atoms with Gasteiger partial charge in [-0.05, 0) is 30.3 Å². The molecule has 0 radical (unpaired) electrons. The number of methoxy groups -OCH3 is 1. The van der Waals surface area contributed by atoms with Crippen molar-refractivity contribution >= 4 is 32.6 Å². The van der Waals surface area contributed by atoms with Gasteiger partial charge < -0.3 is 4.74 Å². The average molecular weight is 337 g/mol. The summed E-state index contributed by atoms with van der Waals surface area (Å²) in [4.78, 5) is 19.1. The summed E-state index contributed by atoms with van der Waals surface area (Å²) in [5.41, 5.74) is 1.78. The highest BCUT2D eigenvalue weighted by Crippen LogP contribution is 2.29. The Morgan fingerprint density at radius 2 is 2.12 bits per heavy atom. The summed E-state index contributed by atoms with van der Waals surface area (Å²) < 4.78 is 6.15. The number of nitrogens with zero attached hydrogens (tertiary/aromatic N) is 3. The molecule has 0 bridgehead atoms. The van der Waals surface area contributed by atoms with Crippen LogP contribution in [0.2, 0.25) is 0 Å². The largest absolute Gasteiger partial charge is 0.383 e. The molecule has 6 heteroatoms. The van der Waals surface area contributed by atoms with Crippen molar-refractivity contribution in [1.29, 1.82) is 5.26 Å². The van der Waals surface area contributed by atoms with Gasteiger partial charge in [-0.2, -0.15) is 5.26 Å². The van der Waals surface area contributed by atoms with Crippen LogP contribution in [-0.4, -0.2) is 31.2 Å². The first-order chi connectivity index (χ1) is 11.7. The Balaban J connectivity index is 1.98. The molecule has 0 spiro atoms. The highest BCUT2D eigenvalue weighted by atomic mass is 32.1. The summed E-state index contributed by atoms with van der Waals surface area (Å²) in [5.74, 6) is -0.191. The number of nitriles is 1. The fraction of sp³-hybridized carbons (Fsp3) is 0.167. The van der Waals surface area contributed by atoms with Crippen LogP contribution in [0.1, 0.15) is 15.9 Å². The molecule has 1 amide bonds. The molecule has 0 atom stereocenters. The summed E-state index contributed by atoms with van der Waals surface area (Å²) in [6, 6.07) is 16.5. The van der Waals surface area contributed by atoms with E-state index >= 15 is 0 Å². The molecule has 24 heavy (non-hydrogen) atoms. The standard InChI is InChI=1S/C18H15N3O2S/c1-23-10-9-21(17(22)14-6-4-5-13(11-14)12-19)18-20-15-7-2-3-8-16(15)24-18/h2-8,11H,9-10H2,1H3. The molecule has 120 valence electrons. The zero-order valence-electron chi connectivity index (χ0n) is 13.1. The number of para-hydroxylation sites is 1. The first kappa shape index (κ1) is 16.1. The van der Waals surface area contributed by atoms with Gasteiger partial charge in [-0.25, -0.2) is 4.98 Å². The Hall–Kier alpha value is -2.75. The van der Waals surface area contributed by atoms with Crippen LogP contribution in [0.4, 0.5) is 5.13 Å². The molecule has 0 fully saturated rings. The number of hydrogen-bond donors (Lipinski definition) is 0. The van der Waals surface area contributed by atoms with Gasteiger partial charge in [-0.1, -0.05) is 29.5 Å². The van der Waals surface area contributed by atoms with Crippen LogP contribution in [0, 0.1) is 11.3 Å². The Bertz CT molecular complexity index is 881. The summed E-state index contributed by atoms with van der Waals surface area (Å²) in [7, 11) is 1.59. The lowest BCUT2D eigenvalue weighted by atomic mass is 10.1. The molecule has 3 aromatic rings. The van der Waals surface area contributed by atoms with Crippen LogP contribution < -0.4 is 4.90 Å². The first-order valence-electron chi connectivity index (χ1n) is 7.39. The van der Waals surface area contributed by atoms with Crippen molar-refractivity contribution in [3.05, 3.63) is 59.7 Å². The summed E-state index contributed by atoms with van der Waals surface area (Å²) >= 11 is 1.46. The third-order valence-electron chi connectivity index (χ3n) is 3.52. The number of fused-ring (bicyclic) bond motifs is 1. The van der Waals surface area contributed by atoms with Crippen LogP contribution in [0.3, 0.4) is 0 Å². The van der Waals surface area contributed by atoms with Crippen molar-refractivity contribution in [2.24, 2.45) is 0 Å². The Morgan fingerprint density at radius 3 is 2.88 bits per heavy atom. The van der Waals surface area contributed by atoms with Crippen LogP contribution in [-0.2, 0) is 4.74 Å². The second-order valence-corrected chi connectivity index (χ2v) is 6.12. The van der Waals surface area contributed by atoms with Gasteiger partial charge in [0.15, 0.2) is 5.13 Å². The van der Waals surface area contributed by atoms with E-state index in [-0.39, 0.29) is 5.91 Å². The number of amides is 1. The number of aromatic nitrogens is 1. The molecule has 0 saturated carbocycles. The minimum Gasteiger partial charge on any atom is -0.383 e. The van der Waals surface area contributed by atoms with E-state index in [9.17, 15) is 4.79 Å². The third-order valence-corrected chi connectivity index (χ3v) is 4.58. The zero-order valence-corrected chi connectivity index (χ0v) is 13.9. The SMILES string of the molecule is COCCN(C(=O)c1cccc(C#N)c1)c1nc2ccccc2s1. The van der Waals surface area contributed by atoms with Crippen molar-refractivity contribution < 1.29 is 9.53 Å². The molecule has 1 heterocycles. The molecular formula is C18H15N3O2S. The molecule has 5 nitrogen and oxygen atoms in total. The van der Waals surface area contributed by atoms with Gasteiger partial charge in [0.2, 0.25) is 0 Å². The van der Waals surface area contributed by atoms with Gasteiger partial charge in [0, 0.05) is 12.7 Å². The molecule has 0 saturated heterocycles. The van der Waals surface area contributed by atoms with Gasteiger partial charge in [0.05, 0.1) is 35.0 Å². The van der Waals surface area contributed by atoms with Gasteiger partial charge in [-0.3, -0.25) is 9.69 Å². The van der Waals surface area contributed by atoms with Crippen LogP contribution in [0.15, 0.2) is 48.5 Å². The molecule has 0 unspecified atom stereocenters. The van der Waals surface area contributed by atoms with E-state index in [1.54, 1.807) is 36.3 Å².